The molecule has 1 aliphatic rings. The lowest BCUT2D eigenvalue weighted by molar-refractivity contribution is 0.0621. The number of rotatable bonds is 6. The average Bonchev–Trinajstić information content (AvgIpc) is 3.23. The molecular formula is C23H24Cl2N4O2. The molecule has 0 saturated carbocycles. The SMILES string of the molecule is Cc1ccc(Cl)c(OCn2ccc(C(=O)N3CCN(Cc4cccc(Cl)c4)CC3)n2)c1. The van der Waals surface area contributed by atoms with Gasteiger partial charge in [-0.3, -0.25) is 9.69 Å². The van der Waals surface area contributed by atoms with E-state index in [-0.39, 0.29) is 12.6 Å². The van der Waals surface area contributed by atoms with Gasteiger partial charge in [-0.25, -0.2) is 4.68 Å². The van der Waals surface area contributed by atoms with Crippen LogP contribution in [0.2, 0.25) is 10.0 Å². The summed E-state index contributed by atoms with van der Waals surface area (Å²) in [4.78, 5) is 17.0. The normalized spacial score (nSPS) is 14.6. The van der Waals surface area contributed by atoms with Crippen LogP contribution in [0, 0.1) is 6.92 Å². The molecule has 0 atom stereocenters. The summed E-state index contributed by atoms with van der Waals surface area (Å²) in [5, 5.41) is 5.67. The third-order valence-corrected chi connectivity index (χ3v) is 5.80. The first-order valence-electron chi connectivity index (χ1n) is 10.2. The van der Waals surface area contributed by atoms with Gasteiger partial charge in [0.15, 0.2) is 12.4 Å². The molecule has 2 aromatic carbocycles. The predicted octanol–water partition coefficient (Wildman–Crippen LogP) is 4.49. The Hall–Kier alpha value is -2.54. The van der Waals surface area contributed by atoms with Crippen molar-refractivity contribution in [1.29, 1.82) is 0 Å². The fourth-order valence-corrected chi connectivity index (χ4v) is 3.95. The molecule has 0 spiro atoms. The smallest absolute Gasteiger partial charge is 0.274 e. The number of carbonyl (C=O) groups is 1. The van der Waals surface area contributed by atoms with Crippen LogP contribution in [-0.4, -0.2) is 51.7 Å². The molecule has 6 nitrogen and oxygen atoms in total. The number of aromatic nitrogens is 2. The van der Waals surface area contributed by atoms with Crippen LogP contribution in [-0.2, 0) is 13.3 Å². The van der Waals surface area contributed by atoms with Gasteiger partial charge in [-0.1, -0.05) is 41.4 Å². The van der Waals surface area contributed by atoms with Crippen molar-refractivity contribution < 1.29 is 9.53 Å². The maximum absolute atomic E-state index is 12.8. The zero-order chi connectivity index (χ0) is 21.8. The summed E-state index contributed by atoms with van der Waals surface area (Å²) < 4.78 is 7.35. The number of benzene rings is 2. The van der Waals surface area contributed by atoms with Crippen molar-refractivity contribution in [2.75, 3.05) is 26.2 Å². The number of aryl methyl sites for hydroxylation is 1. The molecule has 0 radical (unpaired) electrons. The highest BCUT2D eigenvalue weighted by atomic mass is 35.5. The van der Waals surface area contributed by atoms with E-state index in [1.807, 2.05) is 42.2 Å². The molecule has 0 aliphatic carbocycles. The molecule has 0 N–H and O–H groups in total. The third kappa shape index (κ3) is 5.58. The average molecular weight is 459 g/mol. The topological polar surface area (TPSA) is 50.6 Å². The van der Waals surface area contributed by atoms with Crippen molar-refractivity contribution in [3.8, 4) is 5.75 Å². The van der Waals surface area contributed by atoms with E-state index in [1.54, 1.807) is 23.0 Å². The zero-order valence-corrected chi connectivity index (χ0v) is 18.8. The van der Waals surface area contributed by atoms with Crippen LogP contribution >= 0.6 is 23.2 Å². The van der Waals surface area contributed by atoms with E-state index in [9.17, 15) is 4.79 Å². The Labute approximate surface area is 191 Å². The van der Waals surface area contributed by atoms with Gasteiger partial charge in [0.05, 0.1) is 5.02 Å². The lowest BCUT2D eigenvalue weighted by atomic mass is 10.2. The third-order valence-electron chi connectivity index (χ3n) is 5.25. The summed E-state index contributed by atoms with van der Waals surface area (Å²) in [5.74, 6) is 0.538. The monoisotopic (exact) mass is 458 g/mol. The number of carbonyl (C=O) groups excluding carboxylic acids is 1. The van der Waals surface area contributed by atoms with Crippen molar-refractivity contribution in [3.63, 3.8) is 0 Å². The lowest BCUT2D eigenvalue weighted by Crippen LogP contribution is -2.48. The minimum Gasteiger partial charge on any atom is -0.470 e. The van der Waals surface area contributed by atoms with Gasteiger partial charge >= 0.3 is 0 Å². The van der Waals surface area contributed by atoms with Gasteiger partial charge in [0.2, 0.25) is 0 Å². The van der Waals surface area contributed by atoms with Gasteiger partial charge in [0, 0.05) is 43.9 Å². The predicted molar refractivity (Wildman–Crippen MR) is 122 cm³/mol. The minimum atomic E-state index is -0.0604. The van der Waals surface area contributed by atoms with Crippen molar-refractivity contribution in [2.24, 2.45) is 0 Å². The van der Waals surface area contributed by atoms with Crippen molar-refractivity contribution >= 4 is 29.1 Å². The second-order valence-corrected chi connectivity index (χ2v) is 8.49. The molecule has 1 aromatic heterocycles. The van der Waals surface area contributed by atoms with Gasteiger partial charge in [-0.05, 0) is 48.4 Å². The number of piperazine rings is 1. The van der Waals surface area contributed by atoms with E-state index in [4.69, 9.17) is 27.9 Å². The minimum absolute atomic E-state index is 0.0604. The molecule has 8 heteroatoms. The van der Waals surface area contributed by atoms with Gasteiger partial charge in [-0.15, -0.1) is 0 Å². The first-order valence-corrected chi connectivity index (χ1v) is 10.9. The summed E-state index contributed by atoms with van der Waals surface area (Å²) in [6.07, 6.45) is 1.74. The number of hydrogen-bond acceptors (Lipinski definition) is 4. The Morgan fingerprint density at radius 2 is 1.87 bits per heavy atom. The van der Waals surface area contributed by atoms with Crippen LogP contribution in [0.4, 0.5) is 0 Å². The molecule has 1 saturated heterocycles. The van der Waals surface area contributed by atoms with E-state index in [2.05, 4.69) is 16.1 Å². The fraction of sp³-hybridized carbons (Fsp3) is 0.304. The van der Waals surface area contributed by atoms with Gasteiger partial charge in [0.25, 0.3) is 5.91 Å². The van der Waals surface area contributed by atoms with Crippen LogP contribution < -0.4 is 4.74 Å². The molecule has 0 unspecified atom stereocenters. The second-order valence-electron chi connectivity index (χ2n) is 7.65. The molecule has 2 heterocycles. The maximum atomic E-state index is 12.8. The Kier molecular flexibility index (Phi) is 6.80. The Bertz CT molecular complexity index is 1060. The molecule has 3 aromatic rings. The van der Waals surface area contributed by atoms with Crippen LogP contribution in [0.5, 0.6) is 5.75 Å². The summed E-state index contributed by atoms with van der Waals surface area (Å²) in [6.45, 7) is 5.95. The number of hydrogen-bond donors (Lipinski definition) is 0. The largest absolute Gasteiger partial charge is 0.470 e. The highest BCUT2D eigenvalue weighted by Crippen LogP contribution is 2.25. The number of ether oxygens (including phenoxy) is 1. The molecule has 1 aliphatic heterocycles. The van der Waals surface area contributed by atoms with Crippen LogP contribution in [0.15, 0.2) is 54.7 Å². The van der Waals surface area contributed by atoms with Crippen molar-refractivity contribution in [2.45, 2.75) is 20.2 Å². The van der Waals surface area contributed by atoms with Crippen LogP contribution in [0.1, 0.15) is 21.6 Å². The molecule has 31 heavy (non-hydrogen) atoms. The van der Waals surface area contributed by atoms with E-state index in [0.29, 0.717) is 29.6 Å². The molecule has 1 amide bonds. The van der Waals surface area contributed by atoms with Crippen LogP contribution in [0.3, 0.4) is 0 Å². The summed E-state index contributed by atoms with van der Waals surface area (Å²) in [7, 11) is 0. The lowest BCUT2D eigenvalue weighted by Gasteiger charge is -2.34. The first kappa shape index (κ1) is 21.7. The quantitative estimate of drug-likeness (QED) is 0.545. The van der Waals surface area contributed by atoms with E-state index in [0.717, 1.165) is 30.2 Å². The molecule has 162 valence electrons. The molecule has 4 rings (SSSR count). The Morgan fingerprint density at radius 1 is 1.06 bits per heavy atom. The fourth-order valence-electron chi connectivity index (χ4n) is 3.57. The number of halogens is 2. The van der Waals surface area contributed by atoms with E-state index >= 15 is 0 Å². The highest BCUT2D eigenvalue weighted by Gasteiger charge is 2.23. The van der Waals surface area contributed by atoms with Gasteiger partial charge in [0.1, 0.15) is 5.75 Å². The maximum Gasteiger partial charge on any atom is 0.274 e. The molecule has 1 fully saturated rings. The number of amides is 1. The Balaban J connectivity index is 1.29. The second kappa shape index (κ2) is 9.73. The van der Waals surface area contributed by atoms with E-state index < -0.39 is 0 Å². The zero-order valence-electron chi connectivity index (χ0n) is 17.3. The number of nitrogens with zero attached hydrogens (tertiary/aromatic N) is 4. The van der Waals surface area contributed by atoms with Crippen LogP contribution in [0.25, 0.3) is 0 Å². The van der Waals surface area contributed by atoms with Crippen molar-refractivity contribution in [1.82, 2.24) is 19.6 Å². The van der Waals surface area contributed by atoms with Gasteiger partial charge < -0.3 is 9.64 Å². The summed E-state index contributed by atoms with van der Waals surface area (Å²) >= 11 is 12.2. The highest BCUT2D eigenvalue weighted by molar-refractivity contribution is 6.32. The van der Waals surface area contributed by atoms with E-state index in [1.165, 1.54) is 5.56 Å². The molecule has 0 bridgehead atoms. The molecular weight excluding hydrogens is 435 g/mol. The Morgan fingerprint density at radius 3 is 2.65 bits per heavy atom. The standard InChI is InChI=1S/C23H24Cl2N4O2/c1-17-5-6-20(25)22(13-17)31-16-29-8-7-21(26-29)23(30)28-11-9-27(10-12-28)15-18-3-2-4-19(24)14-18/h2-8,13-14H,9-12,15-16H2,1H3. The van der Waals surface area contributed by atoms with Gasteiger partial charge in [-0.2, -0.15) is 5.10 Å². The first-order chi connectivity index (χ1) is 15.0. The van der Waals surface area contributed by atoms with Crippen molar-refractivity contribution in [3.05, 3.63) is 81.6 Å². The summed E-state index contributed by atoms with van der Waals surface area (Å²) in [6, 6.07) is 15.2. The summed E-state index contributed by atoms with van der Waals surface area (Å²) in [5.41, 5.74) is 2.66.